The molecule has 34 heavy (non-hydrogen) atoms. The number of aromatic nitrogens is 2. The van der Waals surface area contributed by atoms with Crippen LogP contribution in [0.2, 0.25) is 0 Å². The Morgan fingerprint density at radius 2 is 1.91 bits per heavy atom. The quantitative estimate of drug-likeness (QED) is 0.546. The predicted octanol–water partition coefficient (Wildman–Crippen LogP) is 4.02. The monoisotopic (exact) mass is 464 g/mol. The highest BCUT2D eigenvalue weighted by Gasteiger charge is 2.52. The van der Waals surface area contributed by atoms with E-state index in [0.29, 0.717) is 24.6 Å². The van der Waals surface area contributed by atoms with Gasteiger partial charge < -0.3 is 18.8 Å². The number of anilines is 1. The summed E-state index contributed by atoms with van der Waals surface area (Å²) < 4.78 is 31.8. The van der Waals surface area contributed by atoms with Crippen LogP contribution in [0, 0.1) is 5.82 Å². The molecule has 4 heterocycles. The van der Waals surface area contributed by atoms with Gasteiger partial charge in [0.15, 0.2) is 0 Å². The van der Waals surface area contributed by atoms with E-state index in [-0.39, 0.29) is 11.4 Å². The first kappa shape index (κ1) is 21.6. The van der Waals surface area contributed by atoms with Gasteiger partial charge >= 0.3 is 6.01 Å². The van der Waals surface area contributed by atoms with Crippen LogP contribution in [0.3, 0.4) is 0 Å². The minimum atomic E-state index is -0.202. The number of nitrogens with zero attached hydrogens (tertiary/aromatic N) is 4. The van der Waals surface area contributed by atoms with Gasteiger partial charge in [-0.05, 0) is 62.0 Å². The molecular formula is C26H29FN4O3. The third kappa shape index (κ3) is 4.28. The lowest BCUT2D eigenvalue weighted by Gasteiger charge is -2.46. The Hall–Kier alpha value is -2.97. The van der Waals surface area contributed by atoms with Crippen LogP contribution in [0.15, 0.2) is 59.3 Å². The molecule has 0 radical (unpaired) electrons. The highest BCUT2D eigenvalue weighted by atomic mass is 19.1. The number of rotatable bonds is 6. The Bertz CT molecular complexity index is 1100. The van der Waals surface area contributed by atoms with E-state index in [2.05, 4.69) is 20.0 Å². The zero-order valence-electron chi connectivity index (χ0n) is 19.1. The van der Waals surface area contributed by atoms with E-state index in [9.17, 15) is 4.39 Å². The molecule has 6 rings (SSSR count). The van der Waals surface area contributed by atoms with Gasteiger partial charge in [-0.1, -0.05) is 35.4 Å². The minimum absolute atomic E-state index is 0.100. The highest BCUT2D eigenvalue weighted by Crippen LogP contribution is 2.41. The number of piperidine rings is 1. The molecule has 1 aromatic heterocycles. The molecule has 1 unspecified atom stereocenters. The molecule has 7 nitrogen and oxygen atoms in total. The molecule has 0 saturated carbocycles. The number of halogens is 1. The van der Waals surface area contributed by atoms with Crippen LogP contribution >= 0.6 is 0 Å². The molecule has 3 saturated heterocycles. The van der Waals surface area contributed by atoms with Crippen molar-refractivity contribution in [1.29, 1.82) is 0 Å². The Morgan fingerprint density at radius 3 is 2.68 bits per heavy atom. The van der Waals surface area contributed by atoms with Crippen molar-refractivity contribution in [2.45, 2.75) is 43.4 Å². The maximum atomic E-state index is 14.2. The molecule has 1 spiro atoms. The van der Waals surface area contributed by atoms with Gasteiger partial charge in [0.05, 0.1) is 19.7 Å². The molecule has 0 bridgehead atoms. The van der Waals surface area contributed by atoms with Gasteiger partial charge in [0, 0.05) is 11.6 Å². The van der Waals surface area contributed by atoms with Gasteiger partial charge in [0.1, 0.15) is 23.8 Å². The molecule has 3 aromatic rings. The van der Waals surface area contributed by atoms with E-state index < -0.39 is 0 Å². The number of hydrogen-bond acceptors (Lipinski definition) is 7. The summed E-state index contributed by atoms with van der Waals surface area (Å²) in [5.74, 6) is 0.888. The summed E-state index contributed by atoms with van der Waals surface area (Å²) in [6, 6.07) is 16.0. The maximum Gasteiger partial charge on any atom is 0.318 e. The SMILES string of the molecule is Fc1ccc(OCc2ccccc2)c(C2CCN(C3COC4(C3)CN(c3nnco3)C4)CC2)c1. The lowest BCUT2D eigenvalue weighted by molar-refractivity contribution is -0.0216. The summed E-state index contributed by atoms with van der Waals surface area (Å²) in [7, 11) is 0. The van der Waals surface area contributed by atoms with Crippen molar-refractivity contribution in [2.24, 2.45) is 0 Å². The van der Waals surface area contributed by atoms with Crippen LogP contribution in [0.4, 0.5) is 10.4 Å². The van der Waals surface area contributed by atoms with Crippen molar-refractivity contribution < 1.29 is 18.3 Å². The molecule has 2 aromatic carbocycles. The molecule has 3 aliphatic heterocycles. The zero-order valence-corrected chi connectivity index (χ0v) is 19.1. The van der Waals surface area contributed by atoms with Crippen molar-refractivity contribution >= 4 is 6.01 Å². The summed E-state index contributed by atoms with van der Waals surface area (Å²) in [6.45, 7) is 4.81. The largest absolute Gasteiger partial charge is 0.489 e. The number of benzene rings is 2. The third-order valence-electron chi connectivity index (χ3n) is 7.46. The van der Waals surface area contributed by atoms with Crippen LogP contribution in [0.1, 0.15) is 36.3 Å². The second-order valence-corrected chi connectivity index (χ2v) is 9.70. The fourth-order valence-corrected chi connectivity index (χ4v) is 5.65. The average molecular weight is 465 g/mol. The summed E-state index contributed by atoms with van der Waals surface area (Å²) in [5.41, 5.74) is 2.00. The first-order valence-corrected chi connectivity index (χ1v) is 12.0. The molecule has 1 atom stereocenters. The highest BCUT2D eigenvalue weighted by molar-refractivity contribution is 5.38. The Morgan fingerprint density at radius 1 is 1.09 bits per heavy atom. The normalized spacial score (nSPS) is 22.7. The molecule has 8 heteroatoms. The summed E-state index contributed by atoms with van der Waals surface area (Å²) in [6.07, 6.45) is 4.36. The van der Waals surface area contributed by atoms with Gasteiger partial charge in [-0.2, -0.15) is 0 Å². The first-order valence-electron chi connectivity index (χ1n) is 12.0. The predicted molar refractivity (Wildman–Crippen MR) is 124 cm³/mol. The number of likely N-dealkylation sites (tertiary alicyclic amines) is 1. The molecule has 178 valence electrons. The smallest absolute Gasteiger partial charge is 0.318 e. The van der Waals surface area contributed by atoms with Gasteiger partial charge in [-0.25, -0.2) is 4.39 Å². The standard InChI is InChI=1S/C26H29FN4O3/c27-21-6-7-24(32-14-19-4-2-1-3-5-19)23(12-21)20-8-10-30(11-9-20)22-13-26(34-15-22)16-31(17-26)25-29-28-18-33-25/h1-7,12,18,20,22H,8-11,13-17H2. The van der Waals surface area contributed by atoms with Gasteiger partial charge in [-0.3, -0.25) is 4.90 Å². The molecule has 3 fully saturated rings. The topological polar surface area (TPSA) is 63.9 Å². The third-order valence-corrected chi connectivity index (χ3v) is 7.46. The number of hydrogen-bond donors (Lipinski definition) is 0. The van der Waals surface area contributed by atoms with E-state index in [1.165, 1.54) is 12.5 Å². The Kier molecular flexibility index (Phi) is 5.71. The maximum absolute atomic E-state index is 14.2. The summed E-state index contributed by atoms with van der Waals surface area (Å²) >= 11 is 0. The summed E-state index contributed by atoms with van der Waals surface area (Å²) in [4.78, 5) is 4.62. The van der Waals surface area contributed by atoms with Crippen LogP contribution in [0.5, 0.6) is 5.75 Å². The Balaban J connectivity index is 1.05. The summed E-state index contributed by atoms with van der Waals surface area (Å²) in [5, 5.41) is 7.75. The van der Waals surface area contributed by atoms with E-state index in [1.54, 1.807) is 12.1 Å². The lowest BCUT2D eigenvalue weighted by atomic mass is 9.86. The van der Waals surface area contributed by atoms with Crippen LogP contribution < -0.4 is 9.64 Å². The van der Waals surface area contributed by atoms with E-state index in [1.807, 2.05) is 30.3 Å². The van der Waals surface area contributed by atoms with Crippen LogP contribution in [-0.4, -0.2) is 59.5 Å². The first-order chi connectivity index (χ1) is 16.7. The van der Waals surface area contributed by atoms with E-state index >= 15 is 0 Å². The molecule has 0 aliphatic carbocycles. The second-order valence-electron chi connectivity index (χ2n) is 9.70. The fraction of sp³-hybridized carbons (Fsp3) is 0.462. The van der Waals surface area contributed by atoms with Gasteiger partial charge in [0.25, 0.3) is 0 Å². The van der Waals surface area contributed by atoms with Crippen molar-refractivity contribution in [2.75, 3.05) is 37.7 Å². The fourth-order valence-electron chi connectivity index (χ4n) is 5.65. The van der Waals surface area contributed by atoms with Crippen LogP contribution in [0.25, 0.3) is 0 Å². The minimum Gasteiger partial charge on any atom is -0.489 e. The molecule has 0 N–H and O–H groups in total. The zero-order chi connectivity index (χ0) is 23.0. The molecule has 0 amide bonds. The van der Waals surface area contributed by atoms with Crippen LogP contribution in [-0.2, 0) is 11.3 Å². The average Bonchev–Trinajstić information content (AvgIpc) is 3.54. The molecular weight excluding hydrogens is 435 g/mol. The second kappa shape index (κ2) is 9.00. The van der Waals surface area contributed by atoms with E-state index in [4.69, 9.17) is 13.9 Å². The Labute approximate surface area is 198 Å². The lowest BCUT2D eigenvalue weighted by Crippen LogP contribution is -2.62. The van der Waals surface area contributed by atoms with Gasteiger partial charge in [0.2, 0.25) is 6.39 Å². The van der Waals surface area contributed by atoms with Crippen molar-refractivity contribution in [1.82, 2.24) is 15.1 Å². The van der Waals surface area contributed by atoms with Crippen molar-refractivity contribution in [3.63, 3.8) is 0 Å². The van der Waals surface area contributed by atoms with Gasteiger partial charge in [-0.15, -0.1) is 5.10 Å². The number of ether oxygens (including phenoxy) is 2. The van der Waals surface area contributed by atoms with Crippen molar-refractivity contribution in [3.8, 4) is 5.75 Å². The molecule has 3 aliphatic rings. The van der Waals surface area contributed by atoms with E-state index in [0.717, 1.165) is 68.9 Å². The van der Waals surface area contributed by atoms with Crippen molar-refractivity contribution in [3.05, 3.63) is 71.9 Å².